The molecule has 104 valence electrons. The van der Waals surface area contributed by atoms with Gasteiger partial charge in [0.2, 0.25) is 6.79 Å². The number of morpholine rings is 1. The van der Waals surface area contributed by atoms with Crippen LogP contribution in [0.4, 0.5) is 0 Å². The van der Waals surface area contributed by atoms with Crippen molar-refractivity contribution in [2.24, 2.45) is 0 Å². The molecule has 0 spiro atoms. The molecule has 3 heterocycles. The highest BCUT2D eigenvalue weighted by Crippen LogP contribution is 2.35. The average molecular weight is 275 g/mol. The number of nitrogens with one attached hydrogen (secondary N) is 1. The third-order valence-corrected chi connectivity index (χ3v) is 3.29. The van der Waals surface area contributed by atoms with E-state index in [1.807, 2.05) is 18.2 Å². The molecule has 1 N–H and O–H groups in total. The molecule has 7 nitrogen and oxygen atoms in total. The van der Waals surface area contributed by atoms with Gasteiger partial charge < -0.3 is 24.1 Å². The Morgan fingerprint density at radius 1 is 1.20 bits per heavy atom. The molecule has 1 atom stereocenters. The van der Waals surface area contributed by atoms with Crippen LogP contribution in [0, 0.1) is 0 Å². The first-order valence-electron chi connectivity index (χ1n) is 6.45. The second-order valence-electron chi connectivity index (χ2n) is 4.61. The van der Waals surface area contributed by atoms with Crippen LogP contribution >= 0.6 is 0 Å². The van der Waals surface area contributed by atoms with Crippen LogP contribution < -0.4 is 14.8 Å². The molecule has 20 heavy (non-hydrogen) atoms. The van der Waals surface area contributed by atoms with Gasteiger partial charge in [-0.15, -0.1) is 0 Å². The molecule has 0 aliphatic carbocycles. The van der Waals surface area contributed by atoms with E-state index in [1.165, 1.54) is 0 Å². The first-order valence-corrected chi connectivity index (χ1v) is 6.45. The second-order valence-corrected chi connectivity index (χ2v) is 4.61. The van der Waals surface area contributed by atoms with E-state index in [0.29, 0.717) is 30.7 Å². The summed E-state index contributed by atoms with van der Waals surface area (Å²) in [7, 11) is 0. The fourth-order valence-corrected chi connectivity index (χ4v) is 2.25. The zero-order valence-electron chi connectivity index (χ0n) is 10.7. The SMILES string of the molecule is c1cc2c(cc1-c1nc(C3COCCN3)no1)OCO2. The first-order chi connectivity index (χ1) is 9.90. The van der Waals surface area contributed by atoms with Gasteiger partial charge in [-0.25, -0.2) is 0 Å². The predicted octanol–water partition coefficient (Wildman–Crippen LogP) is 1.13. The summed E-state index contributed by atoms with van der Waals surface area (Å²) in [5.74, 6) is 2.50. The van der Waals surface area contributed by atoms with Crippen LogP contribution in [-0.4, -0.2) is 36.7 Å². The Labute approximate surface area is 114 Å². The normalized spacial score (nSPS) is 21.1. The van der Waals surface area contributed by atoms with Crippen LogP contribution in [0.5, 0.6) is 11.5 Å². The van der Waals surface area contributed by atoms with Gasteiger partial charge >= 0.3 is 0 Å². The van der Waals surface area contributed by atoms with Gasteiger partial charge in [0.25, 0.3) is 5.89 Å². The first kappa shape index (κ1) is 11.7. The van der Waals surface area contributed by atoms with Crippen LogP contribution in [0.25, 0.3) is 11.5 Å². The third-order valence-electron chi connectivity index (χ3n) is 3.29. The highest BCUT2D eigenvalue weighted by atomic mass is 16.7. The highest BCUT2D eigenvalue weighted by molar-refractivity contribution is 5.60. The molecule has 2 aliphatic rings. The smallest absolute Gasteiger partial charge is 0.258 e. The van der Waals surface area contributed by atoms with Crippen LogP contribution in [0.3, 0.4) is 0 Å². The summed E-state index contributed by atoms with van der Waals surface area (Å²) < 4.78 is 21.3. The van der Waals surface area contributed by atoms with E-state index < -0.39 is 0 Å². The van der Waals surface area contributed by atoms with E-state index in [2.05, 4.69) is 15.5 Å². The standard InChI is InChI=1S/C13H13N3O4/c1-2-10-11(19-7-18-10)5-8(1)13-15-12(16-20-13)9-6-17-4-3-14-9/h1-2,5,9,14H,3-4,6-7H2. The molecule has 1 fully saturated rings. The predicted molar refractivity (Wildman–Crippen MR) is 67.4 cm³/mol. The van der Waals surface area contributed by atoms with Gasteiger partial charge in [0.15, 0.2) is 17.3 Å². The van der Waals surface area contributed by atoms with E-state index in [4.69, 9.17) is 18.7 Å². The largest absolute Gasteiger partial charge is 0.454 e. The van der Waals surface area contributed by atoms with Gasteiger partial charge in [0, 0.05) is 12.1 Å². The number of rotatable bonds is 2. The van der Waals surface area contributed by atoms with Crippen LogP contribution in [0.1, 0.15) is 11.9 Å². The number of nitrogens with zero attached hydrogens (tertiary/aromatic N) is 2. The summed E-state index contributed by atoms with van der Waals surface area (Å²) in [5.41, 5.74) is 0.810. The third kappa shape index (κ3) is 2.00. The molecule has 0 saturated carbocycles. The molecule has 0 amide bonds. The van der Waals surface area contributed by atoms with Crippen LogP contribution in [-0.2, 0) is 4.74 Å². The number of hydrogen-bond donors (Lipinski definition) is 1. The molecule has 4 rings (SSSR count). The van der Waals surface area contributed by atoms with Crippen molar-refractivity contribution >= 4 is 0 Å². The van der Waals surface area contributed by atoms with Crippen LogP contribution in [0.15, 0.2) is 22.7 Å². The zero-order valence-corrected chi connectivity index (χ0v) is 10.7. The molecule has 1 unspecified atom stereocenters. The summed E-state index contributed by atoms with van der Waals surface area (Å²) in [6.07, 6.45) is 0. The van der Waals surface area contributed by atoms with Gasteiger partial charge in [-0.05, 0) is 18.2 Å². The summed E-state index contributed by atoms with van der Waals surface area (Å²) in [5, 5.41) is 7.30. The van der Waals surface area contributed by atoms with Crippen molar-refractivity contribution in [3.05, 3.63) is 24.0 Å². The highest BCUT2D eigenvalue weighted by Gasteiger charge is 2.22. The molecule has 1 aromatic heterocycles. The van der Waals surface area contributed by atoms with Crippen molar-refractivity contribution in [2.45, 2.75) is 6.04 Å². The van der Waals surface area contributed by atoms with Crippen molar-refractivity contribution in [3.8, 4) is 23.0 Å². The van der Waals surface area contributed by atoms with Crippen molar-refractivity contribution < 1.29 is 18.7 Å². The lowest BCUT2D eigenvalue weighted by Crippen LogP contribution is -2.35. The van der Waals surface area contributed by atoms with Gasteiger partial charge in [0.05, 0.1) is 19.3 Å². The summed E-state index contributed by atoms with van der Waals surface area (Å²) >= 11 is 0. The maximum atomic E-state index is 5.39. The van der Waals surface area contributed by atoms with E-state index in [-0.39, 0.29) is 12.8 Å². The maximum Gasteiger partial charge on any atom is 0.258 e. The topological polar surface area (TPSA) is 78.6 Å². The van der Waals surface area contributed by atoms with E-state index in [0.717, 1.165) is 17.9 Å². The van der Waals surface area contributed by atoms with Gasteiger partial charge in [-0.3, -0.25) is 0 Å². The molecule has 2 aliphatic heterocycles. The Morgan fingerprint density at radius 3 is 3.05 bits per heavy atom. The number of aromatic nitrogens is 2. The number of fused-ring (bicyclic) bond motifs is 1. The molecule has 1 aromatic carbocycles. The van der Waals surface area contributed by atoms with Crippen molar-refractivity contribution in [1.29, 1.82) is 0 Å². The van der Waals surface area contributed by atoms with Crippen molar-refractivity contribution in [1.82, 2.24) is 15.5 Å². The number of ether oxygens (including phenoxy) is 3. The summed E-state index contributed by atoms with van der Waals surface area (Å²) in [6, 6.07) is 5.53. The van der Waals surface area contributed by atoms with Crippen LogP contribution in [0.2, 0.25) is 0 Å². The van der Waals surface area contributed by atoms with Gasteiger partial charge in [0.1, 0.15) is 0 Å². The minimum atomic E-state index is -0.0183. The minimum absolute atomic E-state index is 0.0183. The molecular formula is C13H13N3O4. The Balaban J connectivity index is 1.61. The molecular weight excluding hydrogens is 262 g/mol. The molecule has 0 bridgehead atoms. The fraction of sp³-hybridized carbons (Fsp3) is 0.385. The summed E-state index contributed by atoms with van der Waals surface area (Å²) in [4.78, 5) is 4.41. The van der Waals surface area contributed by atoms with Gasteiger partial charge in [-0.1, -0.05) is 5.16 Å². The second kappa shape index (κ2) is 4.77. The quantitative estimate of drug-likeness (QED) is 0.880. The zero-order chi connectivity index (χ0) is 13.4. The minimum Gasteiger partial charge on any atom is -0.454 e. The van der Waals surface area contributed by atoms with Gasteiger partial charge in [-0.2, -0.15) is 4.98 Å². The molecule has 2 aromatic rings. The summed E-state index contributed by atoms with van der Waals surface area (Å²) in [6.45, 7) is 2.30. The Hall–Kier alpha value is -2.12. The lowest BCUT2D eigenvalue weighted by molar-refractivity contribution is 0.0734. The molecule has 1 saturated heterocycles. The molecule has 0 radical (unpaired) electrons. The van der Waals surface area contributed by atoms with E-state index in [1.54, 1.807) is 0 Å². The van der Waals surface area contributed by atoms with Crippen molar-refractivity contribution in [3.63, 3.8) is 0 Å². The molecule has 7 heteroatoms. The Kier molecular flexibility index (Phi) is 2.79. The lowest BCUT2D eigenvalue weighted by atomic mass is 10.2. The van der Waals surface area contributed by atoms with E-state index >= 15 is 0 Å². The Bertz CT molecular complexity index is 622. The Morgan fingerprint density at radius 2 is 2.15 bits per heavy atom. The monoisotopic (exact) mass is 275 g/mol. The van der Waals surface area contributed by atoms with E-state index in [9.17, 15) is 0 Å². The van der Waals surface area contributed by atoms with Crippen molar-refractivity contribution in [2.75, 3.05) is 26.6 Å². The number of benzene rings is 1. The maximum absolute atomic E-state index is 5.39. The average Bonchev–Trinajstić information content (AvgIpc) is 3.16. The number of hydrogen-bond acceptors (Lipinski definition) is 7. The lowest BCUT2D eigenvalue weighted by Gasteiger charge is -2.20. The fourth-order valence-electron chi connectivity index (χ4n) is 2.25.